The van der Waals surface area contributed by atoms with Crippen LogP contribution in [0, 0.1) is 0 Å². The fourth-order valence-corrected chi connectivity index (χ4v) is 4.37. The number of amides is 1. The van der Waals surface area contributed by atoms with Gasteiger partial charge in [0.25, 0.3) is 0 Å². The second-order valence-electron chi connectivity index (χ2n) is 8.41. The maximum absolute atomic E-state index is 12.0. The molecule has 31 heavy (non-hydrogen) atoms. The number of sulfone groups is 1. The van der Waals surface area contributed by atoms with Crippen LogP contribution in [0.25, 0.3) is 11.3 Å². The highest BCUT2D eigenvalue weighted by Gasteiger charge is 2.26. The third-order valence-electron chi connectivity index (χ3n) is 5.52. The number of nitrogens with zero attached hydrogens (tertiary/aromatic N) is 3. The van der Waals surface area contributed by atoms with Gasteiger partial charge in [0.1, 0.15) is 0 Å². The van der Waals surface area contributed by atoms with E-state index in [1.807, 2.05) is 26.1 Å². The first kappa shape index (κ1) is 23.2. The Bertz CT molecular complexity index is 980. The van der Waals surface area contributed by atoms with Crippen molar-refractivity contribution in [2.24, 2.45) is 0 Å². The van der Waals surface area contributed by atoms with Crippen molar-refractivity contribution >= 4 is 15.9 Å². The average Bonchev–Trinajstić information content (AvgIpc) is 2.73. The molecule has 0 N–H and O–H groups in total. The standard InChI is InChI=1S/C23H31N3O4S/c1-17(2)30-23(27)26-13-11-20(12-14-26)25(3)16-18-5-10-22(24-15-18)19-6-8-21(9-7-19)31(4,28)29/h5-10,15,17,20H,11-14,16H2,1-4H3. The van der Waals surface area contributed by atoms with Gasteiger partial charge in [-0.05, 0) is 57.5 Å². The molecule has 0 atom stereocenters. The van der Waals surface area contributed by atoms with E-state index < -0.39 is 9.84 Å². The number of aromatic nitrogens is 1. The number of carbonyl (C=O) groups excluding carboxylic acids is 1. The lowest BCUT2D eigenvalue weighted by atomic mass is 10.0. The first-order valence-electron chi connectivity index (χ1n) is 10.5. The Labute approximate surface area is 185 Å². The zero-order valence-electron chi connectivity index (χ0n) is 18.6. The van der Waals surface area contributed by atoms with Crippen molar-refractivity contribution < 1.29 is 17.9 Å². The number of benzene rings is 1. The SMILES string of the molecule is CC(C)OC(=O)N1CCC(N(C)Cc2ccc(-c3ccc(S(C)(=O)=O)cc3)nc2)CC1. The summed E-state index contributed by atoms with van der Waals surface area (Å²) < 4.78 is 28.5. The van der Waals surface area contributed by atoms with Gasteiger partial charge in [0.2, 0.25) is 0 Å². The molecular formula is C23H31N3O4S. The van der Waals surface area contributed by atoms with Crippen LogP contribution in [-0.2, 0) is 21.1 Å². The van der Waals surface area contributed by atoms with E-state index in [1.165, 1.54) is 6.26 Å². The lowest BCUT2D eigenvalue weighted by Crippen LogP contribution is -2.45. The molecule has 2 heterocycles. The van der Waals surface area contributed by atoms with Crippen molar-refractivity contribution in [3.05, 3.63) is 48.2 Å². The number of likely N-dealkylation sites (tertiary alicyclic amines) is 1. The Hall–Kier alpha value is -2.45. The van der Waals surface area contributed by atoms with Gasteiger partial charge in [0.15, 0.2) is 9.84 Å². The molecule has 0 radical (unpaired) electrons. The Morgan fingerprint density at radius 2 is 1.81 bits per heavy atom. The zero-order chi connectivity index (χ0) is 22.6. The third-order valence-corrected chi connectivity index (χ3v) is 6.65. The molecule has 1 aliphatic heterocycles. The number of ether oxygens (including phenoxy) is 1. The molecule has 1 aromatic carbocycles. The van der Waals surface area contributed by atoms with Crippen LogP contribution < -0.4 is 0 Å². The summed E-state index contributed by atoms with van der Waals surface area (Å²) in [5.74, 6) is 0. The van der Waals surface area contributed by atoms with Crippen molar-refractivity contribution in [2.45, 2.75) is 50.3 Å². The van der Waals surface area contributed by atoms with E-state index in [9.17, 15) is 13.2 Å². The van der Waals surface area contributed by atoms with Crippen molar-refractivity contribution in [2.75, 3.05) is 26.4 Å². The highest BCUT2D eigenvalue weighted by Crippen LogP contribution is 2.22. The van der Waals surface area contributed by atoms with E-state index in [1.54, 1.807) is 29.2 Å². The van der Waals surface area contributed by atoms with Gasteiger partial charge in [-0.15, -0.1) is 0 Å². The summed E-state index contributed by atoms with van der Waals surface area (Å²) in [7, 11) is -1.10. The van der Waals surface area contributed by atoms with Crippen LogP contribution in [-0.4, -0.2) is 67.8 Å². The Morgan fingerprint density at radius 1 is 1.16 bits per heavy atom. The highest BCUT2D eigenvalue weighted by atomic mass is 32.2. The van der Waals surface area contributed by atoms with Gasteiger partial charge in [0.05, 0.1) is 16.7 Å². The second-order valence-corrected chi connectivity index (χ2v) is 10.4. The van der Waals surface area contributed by atoms with Gasteiger partial charge in [-0.2, -0.15) is 0 Å². The van der Waals surface area contributed by atoms with E-state index >= 15 is 0 Å². The first-order valence-corrected chi connectivity index (χ1v) is 12.4. The monoisotopic (exact) mass is 445 g/mol. The van der Waals surface area contributed by atoms with Crippen LogP contribution >= 0.6 is 0 Å². The first-order chi connectivity index (χ1) is 14.6. The van der Waals surface area contributed by atoms with Crippen molar-refractivity contribution in [1.29, 1.82) is 0 Å². The summed E-state index contributed by atoms with van der Waals surface area (Å²) >= 11 is 0. The van der Waals surface area contributed by atoms with E-state index in [0.29, 0.717) is 24.0 Å². The number of carbonyl (C=O) groups is 1. The highest BCUT2D eigenvalue weighted by molar-refractivity contribution is 7.90. The molecule has 1 amide bonds. The van der Waals surface area contributed by atoms with Crippen molar-refractivity contribution in [3.63, 3.8) is 0 Å². The summed E-state index contributed by atoms with van der Waals surface area (Å²) in [6.07, 6.45) is 4.59. The quantitative estimate of drug-likeness (QED) is 0.676. The number of pyridine rings is 1. The molecule has 0 unspecified atom stereocenters. The van der Waals surface area contributed by atoms with Crippen molar-refractivity contribution in [3.8, 4) is 11.3 Å². The predicted molar refractivity (Wildman–Crippen MR) is 120 cm³/mol. The Balaban J connectivity index is 1.55. The maximum Gasteiger partial charge on any atom is 0.410 e. The third kappa shape index (κ3) is 6.27. The average molecular weight is 446 g/mol. The lowest BCUT2D eigenvalue weighted by Gasteiger charge is -2.36. The molecule has 1 fully saturated rings. The molecule has 1 aromatic heterocycles. The van der Waals surface area contributed by atoms with Crippen LogP contribution in [0.15, 0.2) is 47.5 Å². The molecule has 0 bridgehead atoms. The number of piperidine rings is 1. The zero-order valence-corrected chi connectivity index (χ0v) is 19.4. The van der Waals surface area contributed by atoms with E-state index in [0.717, 1.165) is 36.2 Å². The molecule has 8 heteroatoms. The molecule has 0 spiro atoms. The molecule has 3 rings (SSSR count). The molecule has 7 nitrogen and oxygen atoms in total. The predicted octanol–water partition coefficient (Wildman–Crippen LogP) is 3.59. The van der Waals surface area contributed by atoms with Crippen LogP contribution in [0.2, 0.25) is 0 Å². The van der Waals surface area contributed by atoms with Gasteiger partial charge < -0.3 is 9.64 Å². The molecule has 2 aromatic rings. The summed E-state index contributed by atoms with van der Waals surface area (Å²) in [5, 5.41) is 0. The number of hydrogen-bond acceptors (Lipinski definition) is 6. The van der Waals surface area contributed by atoms with Crippen LogP contribution in [0.3, 0.4) is 0 Å². The minimum atomic E-state index is -3.20. The Morgan fingerprint density at radius 3 is 2.32 bits per heavy atom. The smallest absolute Gasteiger partial charge is 0.410 e. The summed E-state index contributed by atoms with van der Waals surface area (Å²) in [6.45, 7) is 5.93. The van der Waals surface area contributed by atoms with Gasteiger partial charge >= 0.3 is 6.09 Å². The fourth-order valence-electron chi connectivity index (χ4n) is 3.74. The fraction of sp³-hybridized carbons (Fsp3) is 0.478. The van der Waals surface area contributed by atoms with Gasteiger partial charge in [0, 0.05) is 43.7 Å². The van der Waals surface area contributed by atoms with Crippen LogP contribution in [0.4, 0.5) is 4.79 Å². The molecule has 0 saturated carbocycles. The largest absolute Gasteiger partial charge is 0.447 e. The number of rotatable bonds is 6. The van der Waals surface area contributed by atoms with Crippen molar-refractivity contribution in [1.82, 2.24) is 14.8 Å². The Kier molecular flexibility index (Phi) is 7.33. The van der Waals surface area contributed by atoms with Gasteiger partial charge in [-0.3, -0.25) is 9.88 Å². The molecular weight excluding hydrogens is 414 g/mol. The van der Waals surface area contributed by atoms with Gasteiger partial charge in [-0.1, -0.05) is 18.2 Å². The molecule has 1 saturated heterocycles. The van der Waals surface area contributed by atoms with E-state index in [2.05, 4.69) is 23.0 Å². The van der Waals surface area contributed by atoms with E-state index in [-0.39, 0.29) is 12.2 Å². The topological polar surface area (TPSA) is 79.8 Å². The van der Waals surface area contributed by atoms with Crippen LogP contribution in [0.5, 0.6) is 0 Å². The minimum Gasteiger partial charge on any atom is -0.447 e. The summed E-state index contributed by atoms with van der Waals surface area (Å²) in [5.41, 5.74) is 2.80. The van der Waals surface area contributed by atoms with E-state index in [4.69, 9.17) is 4.74 Å². The molecule has 1 aliphatic rings. The lowest BCUT2D eigenvalue weighted by molar-refractivity contribution is 0.0577. The minimum absolute atomic E-state index is 0.0963. The number of hydrogen-bond donors (Lipinski definition) is 0. The summed E-state index contributed by atoms with van der Waals surface area (Å²) in [6, 6.07) is 11.2. The normalized spacial score (nSPS) is 15.5. The molecule has 168 valence electrons. The maximum atomic E-state index is 12.0. The van der Waals surface area contributed by atoms with Crippen LogP contribution in [0.1, 0.15) is 32.3 Å². The molecule has 0 aliphatic carbocycles. The van der Waals surface area contributed by atoms with Gasteiger partial charge in [-0.25, -0.2) is 13.2 Å². The summed E-state index contributed by atoms with van der Waals surface area (Å²) in [4.78, 5) is 21.0. The second kappa shape index (κ2) is 9.78.